The van der Waals surface area contributed by atoms with Gasteiger partial charge in [-0.2, -0.15) is 0 Å². The number of esters is 3. The van der Waals surface area contributed by atoms with Crippen molar-refractivity contribution in [1.29, 1.82) is 0 Å². The first-order valence-corrected chi connectivity index (χ1v) is 27.0. The van der Waals surface area contributed by atoms with Crippen molar-refractivity contribution in [2.75, 3.05) is 13.2 Å². The van der Waals surface area contributed by atoms with E-state index in [1.165, 1.54) is 154 Å². The summed E-state index contributed by atoms with van der Waals surface area (Å²) in [4.78, 5) is 38.0. The number of carbonyl (C=O) groups is 3. The van der Waals surface area contributed by atoms with Gasteiger partial charge >= 0.3 is 17.9 Å². The van der Waals surface area contributed by atoms with E-state index in [0.717, 1.165) is 89.9 Å². The summed E-state index contributed by atoms with van der Waals surface area (Å²) in [6, 6.07) is 0. The third-order valence-electron chi connectivity index (χ3n) is 11.9. The highest BCUT2D eigenvalue weighted by atomic mass is 16.6. The summed E-state index contributed by atoms with van der Waals surface area (Å²) in [6.45, 7) is 6.62. The first kappa shape index (κ1) is 59.6. The predicted molar refractivity (Wildman–Crippen MR) is 266 cm³/mol. The number of hydrogen-bond acceptors (Lipinski definition) is 6. The standard InChI is InChI=1S/C56H102O6/c1-4-7-10-13-16-19-22-25-26-27-28-29-32-34-37-40-43-46-49-55(58)61-52-53(62-56(59)50-47-44-41-38-35-31-24-21-18-15-12-9-6-3)51-60-54(57)48-45-42-39-36-33-30-23-20-17-14-11-8-5-2/h26-29,31,35,53H,4-25,30,32-34,36-52H2,1-3H3/b27-26-,29-28-,35-31-. The van der Waals surface area contributed by atoms with Crippen molar-refractivity contribution in [2.24, 2.45) is 0 Å². The van der Waals surface area contributed by atoms with Gasteiger partial charge in [0.15, 0.2) is 6.10 Å². The van der Waals surface area contributed by atoms with Crippen LogP contribution in [0, 0.1) is 0 Å². The van der Waals surface area contributed by atoms with Crippen molar-refractivity contribution in [3.05, 3.63) is 36.5 Å². The van der Waals surface area contributed by atoms with Crippen LogP contribution in [-0.2, 0) is 28.6 Å². The summed E-state index contributed by atoms with van der Waals surface area (Å²) in [7, 11) is 0. The Kier molecular flexibility index (Phi) is 49.3. The zero-order valence-corrected chi connectivity index (χ0v) is 41.4. The van der Waals surface area contributed by atoms with Crippen molar-refractivity contribution < 1.29 is 28.6 Å². The molecule has 0 saturated heterocycles. The summed E-state index contributed by atoms with van der Waals surface area (Å²) in [6.07, 6.45) is 59.8. The molecule has 1 atom stereocenters. The van der Waals surface area contributed by atoms with E-state index >= 15 is 0 Å². The SMILES string of the molecule is CCCCCCCC/C=C\CCCCCC(=O)OC(COC(=O)CCCCCCC/C=C\C=C/CCCCCCCCC)COC(=O)CCCCCCCCCCCCCCC. The molecule has 0 spiro atoms. The Hall–Kier alpha value is -2.37. The van der Waals surface area contributed by atoms with Crippen LogP contribution in [-0.4, -0.2) is 37.2 Å². The lowest BCUT2D eigenvalue weighted by molar-refractivity contribution is -0.167. The maximum atomic E-state index is 12.8. The maximum Gasteiger partial charge on any atom is 0.306 e. The van der Waals surface area contributed by atoms with Crippen LogP contribution in [0.3, 0.4) is 0 Å². The molecule has 0 aromatic rings. The second kappa shape index (κ2) is 51.3. The van der Waals surface area contributed by atoms with E-state index in [9.17, 15) is 14.4 Å². The zero-order chi connectivity index (χ0) is 45.1. The van der Waals surface area contributed by atoms with E-state index < -0.39 is 6.10 Å². The molecule has 0 amide bonds. The van der Waals surface area contributed by atoms with Crippen molar-refractivity contribution in [3.63, 3.8) is 0 Å². The number of allylic oxidation sites excluding steroid dienone is 6. The van der Waals surface area contributed by atoms with Gasteiger partial charge in [-0.05, 0) is 70.6 Å². The van der Waals surface area contributed by atoms with Crippen molar-refractivity contribution in [3.8, 4) is 0 Å². The molecule has 0 fully saturated rings. The molecule has 0 aromatic heterocycles. The van der Waals surface area contributed by atoms with Crippen molar-refractivity contribution >= 4 is 17.9 Å². The van der Waals surface area contributed by atoms with Crippen LogP contribution in [0.4, 0.5) is 0 Å². The lowest BCUT2D eigenvalue weighted by atomic mass is 10.0. The first-order chi connectivity index (χ1) is 30.5. The topological polar surface area (TPSA) is 78.9 Å². The Balaban J connectivity index is 4.37. The molecule has 0 heterocycles. The molecular formula is C56H102O6. The molecule has 0 aliphatic rings. The van der Waals surface area contributed by atoms with Crippen molar-refractivity contribution in [2.45, 2.75) is 290 Å². The van der Waals surface area contributed by atoms with E-state index in [1.807, 2.05) is 0 Å². The van der Waals surface area contributed by atoms with Crippen molar-refractivity contribution in [1.82, 2.24) is 0 Å². The summed E-state index contributed by atoms with van der Waals surface area (Å²) in [5.74, 6) is -0.901. The van der Waals surface area contributed by atoms with Crippen LogP contribution >= 0.6 is 0 Å². The Morgan fingerprint density at radius 2 is 0.581 bits per heavy atom. The fourth-order valence-corrected chi connectivity index (χ4v) is 7.78. The summed E-state index contributed by atoms with van der Waals surface area (Å²) in [5.41, 5.74) is 0. The molecule has 1 unspecified atom stereocenters. The molecule has 0 saturated carbocycles. The van der Waals surface area contributed by atoms with Gasteiger partial charge < -0.3 is 14.2 Å². The molecule has 6 heteroatoms. The van der Waals surface area contributed by atoms with Gasteiger partial charge in [0.25, 0.3) is 0 Å². The second-order valence-electron chi connectivity index (χ2n) is 18.2. The van der Waals surface area contributed by atoms with Crippen LogP contribution in [0.5, 0.6) is 0 Å². The molecule has 0 bridgehead atoms. The van der Waals surface area contributed by atoms with Crippen LogP contribution in [0.1, 0.15) is 284 Å². The van der Waals surface area contributed by atoms with Gasteiger partial charge in [0.05, 0.1) is 0 Å². The molecule has 0 rings (SSSR count). The highest BCUT2D eigenvalue weighted by molar-refractivity contribution is 5.71. The molecule has 0 N–H and O–H groups in total. The lowest BCUT2D eigenvalue weighted by Gasteiger charge is -2.18. The fourth-order valence-electron chi connectivity index (χ4n) is 7.78. The highest BCUT2D eigenvalue weighted by Gasteiger charge is 2.19. The first-order valence-electron chi connectivity index (χ1n) is 27.0. The quantitative estimate of drug-likeness (QED) is 0.0199. The molecule has 0 aromatic carbocycles. The largest absolute Gasteiger partial charge is 0.462 e. The average molecular weight is 871 g/mol. The highest BCUT2D eigenvalue weighted by Crippen LogP contribution is 2.15. The minimum atomic E-state index is -0.782. The fraction of sp³-hybridized carbons (Fsp3) is 0.839. The molecule has 362 valence electrons. The smallest absolute Gasteiger partial charge is 0.306 e. The molecular weight excluding hydrogens is 769 g/mol. The predicted octanol–water partition coefficient (Wildman–Crippen LogP) is 17.7. The minimum absolute atomic E-state index is 0.0802. The van der Waals surface area contributed by atoms with Gasteiger partial charge in [-0.3, -0.25) is 14.4 Å². The van der Waals surface area contributed by atoms with E-state index in [4.69, 9.17) is 14.2 Å². The molecule has 0 aliphatic heterocycles. The van der Waals surface area contributed by atoms with E-state index in [2.05, 4.69) is 57.2 Å². The lowest BCUT2D eigenvalue weighted by Crippen LogP contribution is -2.30. The summed E-state index contributed by atoms with van der Waals surface area (Å²) < 4.78 is 16.8. The van der Waals surface area contributed by atoms with E-state index in [0.29, 0.717) is 19.3 Å². The second-order valence-corrected chi connectivity index (χ2v) is 18.2. The van der Waals surface area contributed by atoms with E-state index in [-0.39, 0.29) is 31.1 Å². The van der Waals surface area contributed by atoms with Gasteiger partial charge in [0.1, 0.15) is 13.2 Å². The Bertz CT molecular complexity index is 1050. The van der Waals surface area contributed by atoms with Crippen LogP contribution in [0.15, 0.2) is 36.5 Å². The number of unbranched alkanes of at least 4 members (excludes halogenated alkanes) is 33. The number of rotatable bonds is 49. The normalized spacial score (nSPS) is 12.2. The van der Waals surface area contributed by atoms with Crippen LogP contribution in [0.2, 0.25) is 0 Å². The number of hydrogen-bond donors (Lipinski definition) is 0. The molecule has 62 heavy (non-hydrogen) atoms. The maximum absolute atomic E-state index is 12.8. The number of carbonyl (C=O) groups excluding carboxylic acids is 3. The Morgan fingerprint density at radius 3 is 0.919 bits per heavy atom. The Labute approximate surface area is 385 Å². The number of ether oxygens (including phenoxy) is 3. The van der Waals surface area contributed by atoms with Gasteiger partial charge in [-0.25, -0.2) is 0 Å². The summed E-state index contributed by atoms with van der Waals surface area (Å²) in [5, 5.41) is 0. The minimum Gasteiger partial charge on any atom is -0.462 e. The molecule has 0 radical (unpaired) electrons. The van der Waals surface area contributed by atoms with Gasteiger partial charge in [-0.15, -0.1) is 0 Å². The average Bonchev–Trinajstić information content (AvgIpc) is 3.27. The third kappa shape index (κ3) is 48.7. The van der Waals surface area contributed by atoms with Crippen LogP contribution in [0.25, 0.3) is 0 Å². The van der Waals surface area contributed by atoms with Crippen LogP contribution < -0.4 is 0 Å². The molecule has 6 nitrogen and oxygen atoms in total. The molecule has 0 aliphatic carbocycles. The summed E-state index contributed by atoms with van der Waals surface area (Å²) >= 11 is 0. The Morgan fingerprint density at radius 1 is 0.323 bits per heavy atom. The monoisotopic (exact) mass is 871 g/mol. The van der Waals surface area contributed by atoms with Gasteiger partial charge in [-0.1, -0.05) is 231 Å². The zero-order valence-electron chi connectivity index (χ0n) is 41.4. The van der Waals surface area contributed by atoms with Gasteiger partial charge in [0.2, 0.25) is 0 Å². The third-order valence-corrected chi connectivity index (χ3v) is 11.9. The van der Waals surface area contributed by atoms with E-state index in [1.54, 1.807) is 0 Å². The van der Waals surface area contributed by atoms with Gasteiger partial charge in [0, 0.05) is 19.3 Å².